The first kappa shape index (κ1) is 20.0. The fourth-order valence-electron chi connectivity index (χ4n) is 3.16. The van der Waals surface area contributed by atoms with Crippen LogP contribution in [0.1, 0.15) is 11.1 Å². The summed E-state index contributed by atoms with van der Waals surface area (Å²) in [4.78, 5) is 17.1. The molecule has 0 aliphatic heterocycles. The number of nitrogens with one attached hydrogen (secondary N) is 1. The van der Waals surface area contributed by atoms with Crippen LogP contribution in [0.15, 0.2) is 71.3 Å². The molecule has 4 rings (SSSR count). The summed E-state index contributed by atoms with van der Waals surface area (Å²) in [7, 11) is 3.32. The summed E-state index contributed by atoms with van der Waals surface area (Å²) >= 11 is 0. The fourth-order valence-corrected chi connectivity index (χ4v) is 3.16. The van der Waals surface area contributed by atoms with Gasteiger partial charge in [-0.1, -0.05) is 24.3 Å². The number of nitrogens with zero attached hydrogens (tertiary/aromatic N) is 6. The Morgan fingerprint density at radius 3 is 2.74 bits per heavy atom. The van der Waals surface area contributed by atoms with Gasteiger partial charge in [0.1, 0.15) is 29.3 Å². The van der Waals surface area contributed by atoms with Gasteiger partial charge in [-0.2, -0.15) is 5.10 Å². The Bertz CT molecular complexity index is 1240. The number of methoxy groups -OCH3 is 1. The van der Waals surface area contributed by atoms with Crippen molar-refractivity contribution in [2.24, 2.45) is 15.9 Å². The Morgan fingerprint density at radius 1 is 1.16 bits per heavy atom. The molecule has 0 bridgehead atoms. The molecule has 0 spiro atoms. The number of benzene rings is 1. The highest BCUT2D eigenvalue weighted by atomic mass is 16.5. The molecule has 0 amide bonds. The normalized spacial score (nSPS) is 11.9. The molecule has 9 nitrogen and oxygen atoms in total. The van der Waals surface area contributed by atoms with E-state index in [1.54, 1.807) is 26.6 Å². The van der Waals surface area contributed by atoms with Crippen molar-refractivity contribution < 1.29 is 4.74 Å². The molecule has 3 heterocycles. The lowest BCUT2D eigenvalue weighted by Crippen LogP contribution is -2.07. The van der Waals surface area contributed by atoms with Gasteiger partial charge in [-0.05, 0) is 11.6 Å². The molecular formula is C22H22N8O. The molecule has 0 fully saturated rings. The Morgan fingerprint density at radius 2 is 2.00 bits per heavy atom. The lowest BCUT2D eigenvalue weighted by atomic mass is 10.1. The molecule has 0 saturated heterocycles. The van der Waals surface area contributed by atoms with Crippen molar-refractivity contribution in [3.8, 4) is 17.1 Å². The Labute approximate surface area is 179 Å². The number of aromatic nitrogens is 4. The van der Waals surface area contributed by atoms with Crippen molar-refractivity contribution in [2.45, 2.75) is 6.54 Å². The van der Waals surface area contributed by atoms with Gasteiger partial charge in [0.25, 0.3) is 0 Å². The lowest BCUT2D eigenvalue weighted by Gasteiger charge is -2.08. The van der Waals surface area contributed by atoms with E-state index >= 15 is 0 Å². The molecule has 0 radical (unpaired) electrons. The van der Waals surface area contributed by atoms with Crippen LogP contribution in [0.25, 0.3) is 17.0 Å². The first-order chi connectivity index (χ1) is 15.2. The molecule has 0 atom stereocenters. The van der Waals surface area contributed by atoms with Crippen LogP contribution in [-0.4, -0.2) is 45.4 Å². The SMILES string of the molecule is CN=CC(=NN)c1ccc(CNc2cc(-c3cnc4cc(OC)ccn34)ncn2)cc1. The highest BCUT2D eigenvalue weighted by molar-refractivity contribution is 6.38. The van der Waals surface area contributed by atoms with Crippen molar-refractivity contribution >= 4 is 23.4 Å². The number of aliphatic imine (C=N–C) groups is 1. The molecule has 9 heteroatoms. The van der Waals surface area contributed by atoms with Crippen LogP contribution in [-0.2, 0) is 6.54 Å². The van der Waals surface area contributed by atoms with Gasteiger partial charge in [0, 0.05) is 43.7 Å². The average molecular weight is 414 g/mol. The van der Waals surface area contributed by atoms with Gasteiger partial charge in [-0.25, -0.2) is 15.0 Å². The van der Waals surface area contributed by atoms with Crippen LogP contribution in [0.3, 0.4) is 0 Å². The van der Waals surface area contributed by atoms with Crippen LogP contribution in [0, 0.1) is 0 Å². The third-order valence-corrected chi connectivity index (χ3v) is 4.76. The minimum absolute atomic E-state index is 0.609. The zero-order chi connectivity index (χ0) is 21.6. The minimum Gasteiger partial charge on any atom is -0.497 e. The van der Waals surface area contributed by atoms with E-state index in [0.29, 0.717) is 12.3 Å². The summed E-state index contributed by atoms with van der Waals surface area (Å²) in [6, 6.07) is 13.6. The molecule has 31 heavy (non-hydrogen) atoms. The number of ether oxygens (including phenoxy) is 1. The van der Waals surface area contributed by atoms with Crippen molar-refractivity contribution in [1.29, 1.82) is 0 Å². The van der Waals surface area contributed by atoms with Crippen LogP contribution in [0.4, 0.5) is 5.82 Å². The van der Waals surface area contributed by atoms with Gasteiger partial charge >= 0.3 is 0 Å². The first-order valence-electron chi connectivity index (χ1n) is 9.58. The van der Waals surface area contributed by atoms with E-state index in [4.69, 9.17) is 10.6 Å². The van der Waals surface area contributed by atoms with Crippen molar-refractivity contribution in [1.82, 2.24) is 19.4 Å². The number of hydrogen-bond acceptors (Lipinski definition) is 8. The van der Waals surface area contributed by atoms with Crippen LogP contribution in [0.2, 0.25) is 0 Å². The highest BCUT2D eigenvalue weighted by Crippen LogP contribution is 2.23. The van der Waals surface area contributed by atoms with E-state index in [2.05, 4.69) is 30.4 Å². The Kier molecular flexibility index (Phi) is 5.84. The van der Waals surface area contributed by atoms with Crippen molar-refractivity contribution in [2.75, 3.05) is 19.5 Å². The number of rotatable bonds is 7. The summed E-state index contributed by atoms with van der Waals surface area (Å²) in [5.74, 6) is 6.90. The topological polar surface area (TPSA) is 115 Å². The molecule has 4 aromatic rings. The minimum atomic E-state index is 0.609. The quantitative estimate of drug-likeness (QED) is 0.273. The predicted octanol–water partition coefficient (Wildman–Crippen LogP) is 2.78. The molecule has 156 valence electrons. The second-order valence-electron chi connectivity index (χ2n) is 6.68. The third-order valence-electron chi connectivity index (χ3n) is 4.76. The van der Waals surface area contributed by atoms with E-state index in [9.17, 15) is 0 Å². The molecule has 1 aromatic carbocycles. The summed E-state index contributed by atoms with van der Waals surface area (Å²) in [6.45, 7) is 0.609. The monoisotopic (exact) mass is 414 g/mol. The van der Waals surface area contributed by atoms with Crippen LogP contribution in [0.5, 0.6) is 5.75 Å². The number of hydrogen-bond donors (Lipinski definition) is 2. The summed E-state index contributed by atoms with van der Waals surface area (Å²) in [5.41, 5.74) is 5.07. The van der Waals surface area contributed by atoms with E-state index in [1.807, 2.05) is 53.1 Å². The maximum atomic E-state index is 5.42. The van der Waals surface area contributed by atoms with E-state index in [0.717, 1.165) is 39.7 Å². The second kappa shape index (κ2) is 9.04. The lowest BCUT2D eigenvalue weighted by molar-refractivity contribution is 0.414. The Hall–Kier alpha value is -4.27. The highest BCUT2D eigenvalue weighted by Gasteiger charge is 2.09. The van der Waals surface area contributed by atoms with Gasteiger partial charge in [0.2, 0.25) is 0 Å². The summed E-state index contributed by atoms with van der Waals surface area (Å²) < 4.78 is 7.22. The maximum Gasteiger partial charge on any atom is 0.140 e. The van der Waals surface area contributed by atoms with Crippen molar-refractivity contribution in [3.05, 3.63) is 72.3 Å². The number of hydrazone groups is 1. The maximum absolute atomic E-state index is 5.42. The van der Waals surface area contributed by atoms with Gasteiger partial charge < -0.3 is 15.9 Å². The smallest absolute Gasteiger partial charge is 0.140 e. The predicted molar refractivity (Wildman–Crippen MR) is 122 cm³/mol. The van der Waals surface area contributed by atoms with Crippen LogP contribution >= 0.6 is 0 Å². The van der Waals surface area contributed by atoms with E-state index < -0.39 is 0 Å². The number of imidazole rings is 1. The molecule has 3 N–H and O–H groups in total. The molecule has 0 unspecified atom stereocenters. The molecule has 0 saturated carbocycles. The van der Waals surface area contributed by atoms with E-state index in [1.165, 1.54) is 6.33 Å². The number of anilines is 1. The third kappa shape index (κ3) is 4.35. The first-order valence-corrected chi connectivity index (χ1v) is 9.58. The van der Waals surface area contributed by atoms with Crippen molar-refractivity contribution in [3.63, 3.8) is 0 Å². The van der Waals surface area contributed by atoms with Gasteiger partial charge in [0.15, 0.2) is 0 Å². The van der Waals surface area contributed by atoms with Gasteiger partial charge in [-0.15, -0.1) is 0 Å². The molecule has 0 aliphatic rings. The van der Waals surface area contributed by atoms with E-state index in [-0.39, 0.29) is 0 Å². The summed E-state index contributed by atoms with van der Waals surface area (Å²) in [6.07, 6.45) is 6.87. The van der Waals surface area contributed by atoms with Gasteiger partial charge in [0.05, 0.1) is 24.7 Å². The van der Waals surface area contributed by atoms with Crippen LogP contribution < -0.4 is 15.9 Å². The molecular weight excluding hydrogens is 392 g/mol. The number of nitrogens with two attached hydrogens (primary N) is 1. The standard InChI is InChI=1S/C22H22N8O/c1-24-12-19(29-23)16-5-3-15(4-6-16)11-25-21-10-18(27-14-28-21)20-13-26-22-9-17(31-2)7-8-30(20)22/h3-10,12-14H,11,23H2,1-2H3,(H,25,27,28). The number of fused-ring (bicyclic) bond motifs is 1. The number of pyridine rings is 1. The zero-order valence-electron chi connectivity index (χ0n) is 17.2. The average Bonchev–Trinajstić information content (AvgIpc) is 3.25. The zero-order valence-corrected chi connectivity index (χ0v) is 17.2. The fraction of sp³-hybridized carbons (Fsp3) is 0.136. The summed E-state index contributed by atoms with van der Waals surface area (Å²) in [5, 5.41) is 7.09. The molecule has 0 aliphatic carbocycles. The molecule has 3 aromatic heterocycles. The van der Waals surface area contributed by atoms with Gasteiger partial charge in [-0.3, -0.25) is 9.39 Å². The Balaban J connectivity index is 1.50. The largest absolute Gasteiger partial charge is 0.497 e. The second-order valence-corrected chi connectivity index (χ2v) is 6.68.